The van der Waals surface area contributed by atoms with Gasteiger partial charge in [-0.1, -0.05) is 6.07 Å². The van der Waals surface area contributed by atoms with E-state index in [1.807, 2.05) is 6.07 Å². The maximum atomic E-state index is 14.3. The number of carbonyl (C=O) groups is 1. The summed E-state index contributed by atoms with van der Waals surface area (Å²) in [5.41, 5.74) is 1.76. The van der Waals surface area contributed by atoms with Crippen molar-refractivity contribution >= 4 is 11.6 Å². The molecular weight excluding hydrogens is 323 g/mol. The molecule has 1 fully saturated rings. The summed E-state index contributed by atoms with van der Waals surface area (Å²) < 4.78 is 19.9. The number of nitrogens with zero attached hydrogens (tertiary/aromatic N) is 2. The number of aryl methyl sites for hydroxylation is 1. The van der Waals surface area contributed by atoms with Crippen molar-refractivity contribution in [3.05, 3.63) is 58.7 Å². The second-order valence-corrected chi connectivity index (χ2v) is 5.70. The van der Waals surface area contributed by atoms with Crippen molar-refractivity contribution in [3.63, 3.8) is 0 Å². The molecular formula is C18H17FN4O2. The fraction of sp³-hybridized carbons (Fsp3) is 0.278. The van der Waals surface area contributed by atoms with E-state index in [4.69, 9.17) is 10.00 Å². The van der Waals surface area contributed by atoms with Crippen molar-refractivity contribution in [1.82, 2.24) is 10.3 Å². The summed E-state index contributed by atoms with van der Waals surface area (Å²) in [5.74, 6) is -1.07. The number of nitriles is 1. The Bertz CT molecular complexity index is 841. The number of amides is 1. The quantitative estimate of drug-likeness (QED) is 0.895. The lowest BCUT2D eigenvalue weighted by Gasteiger charge is -2.24. The van der Waals surface area contributed by atoms with Crippen LogP contribution in [0.25, 0.3) is 0 Å². The molecule has 1 aliphatic heterocycles. The minimum Gasteiger partial charge on any atom is -0.371 e. The third kappa shape index (κ3) is 3.82. The van der Waals surface area contributed by atoms with Crippen LogP contribution in [0.4, 0.5) is 10.1 Å². The SMILES string of the molecule is Cc1nc(C(=O)Nc2ccc(C3CNCCO3)cc2F)ccc1C#N. The zero-order valence-electron chi connectivity index (χ0n) is 13.7. The summed E-state index contributed by atoms with van der Waals surface area (Å²) in [6.07, 6.45) is -0.198. The van der Waals surface area contributed by atoms with Crippen LogP contribution in [0.5, 0.6) is 0 Å². The molecule has 2 N–H and O–H groups in total. The van der Waals surface area contributed by atoms with Gasteiger partial charge in [-0.3, -0.25) is 4.79 Å². The summed E-state index contributed by atoms with van der Waals surface area (Å²) in [4.78, 5) is 16.3. The van der Waals surface area contributed by atoms with E-state index in [1.54, 1.807) is 13.0 Å². The van der Waals surface area contributed by atoms with Crippen molar-refractivity contribution < 1.29 is 13.9 Å². The molecule has 1 saturated heterocycles. The molecule has 7 heteroatoms. The number of morpholine rings is 1. The fourth-order valence-electron chi connectivity index (χ4n) is 2.60. The summed E-state index contributed by atoms with van der Waals surface area (Å²) in [7, 11) is 0. The van der Waals surface area contributed by atoms with Crippen LogP contribution < -0.4 is 10.6 Å². The molecule has 128 valence electrons. The number of carbonyl (C=O) groups excluding carboxylic acids is 1. The normalized spacial score (nSPS) is 16.9. The molecule has 1 aromatic carbocycles. The van der Waals surface area contributed by atoms with Gasteiger partial charge in [0.2, 0.25) is 0 Å². The molecule has 0 aliphatic carbocycles. The number of anilines is 1. The van der Waals surface area contributed by atoms with E-state index < -0.39 is 11.7 Å². The van der Waals surface area contributed by atoms with Gasteiger partial charge in [-0.15, -0.1) is 0 Å². The van der Waals surface area contributed by atoms with Crippen molar-refractivity contribution in [2.45, 2.75) is 13.0 Å². The Morgan fingerprint density at radius 3 is 2.92 bits per heavy atom. The lowest BCUT2D eigenvalue weighted by atomic mass is 10.1. The number of halogens is 1. The van der Waals surface area contributed by atoms with Gasteiger partial charge in [-0.25, -0.2) is 9.37 Å². The maximum absolute atomic E-state index is 14.3. The van der Waals surface area contributed by atoms with Gasteiger partial charge in [0.05, 0.1) is 29.7 Å². The van der Waals surface area contributed by atoms with Crippen molar-refractivity contribution in [2.75, 3.05) is 25.0 Å². The van der Waals surface area contributed by atoms with E-state index in [-0.39, 0.29) is 17.5 Å². The number of hydrogen-bond acceptors (Lipinski definition) is 5. The fourth-order valence-corrected chi connectivity index (χ4v) is 2.60. The molecule has 0 spiro atoms. The summed E-state index contributed by atoms with van der Waals surface area (Å²) in [5, 5.41) is 14.6. The maximum Gasteiger partial charge on any atom is 0.274 e. The molecule has 1 aromatic heterocycles. The summed E-state index contributed by atoms with van der Waals surface area (Å²) in [6.45, 7) is 3.63. The molecule has 2 heterocycles. The van der Waals surface area contributed by atoms with E-state index in [0.29, 0.717) is 24.4 Å². The van der Waals surface area contributed by atoms with Crippen LogP contribution >= 0.6 is 0 Å². The second kappa shape index (κ2) is 7.38. The Morgan fingerprint density at radius 1 is 1.44 bits per heavy atom. The van der Waals surface area contributed by atoms with E-state index in [2.05, 4.69) is 15.6 Å². The Balaban J connectivity index is 1.75. The first-order chi connectivity index (χ1) is 12.1. The van der Waals surface area contributed by atoms with Gasteiger partial charge in [0.15, 0.2) is 0 Å². The molecule has 6 nitrogen and oxygen atoms in total. The highest BCUT2D eigenvalue weighted by molar-refractivity contribution is 6.03. The average molecular weight is 340 g/mol. The monoisotopic (exact) mass is 340 g/mol. The van der Waals surface area contributed by atoms with Gasteiger partial charge < -0.3 is 15.4 Å². The van der Waals surface area contributed by atoms with Crippen LogP contribution in [-0.2, 0) is 4.74 Å². The predicted octanol–water partition coefficient (Wildman–Crippen LogP) is 2.31. The third-order valence-corrected chi connectivity index (χ3v) is 3.98. The van der Waals surface area contributed by atoms with Crippen LogP contribution in [0, 0.1) is 24.1 Å². The van der Waals surface area contributed by atoms with Crippen molar-refractivity contribution in [1.29, 1.82) is 5.26 Å². The molecule has 1 aliphatic rings. The smallest absolute Gasteiger partial charge is 0.274 e. The van der Waals surface area contributed by atoms with Crippen molar-refractivity contribution in [2.24, 2.45) is 0 Å². The van der Waals surface area contributed by atoms with Gasteiger partial charge in [0.25, 0.3) is 5.91 Å². The number of aromatic nitrogens is 1. The van der Waals surface area contributed by atoms with Crippen LogP contribution in [0.2, 0.25) is 0 Å². The average Bonchev–Trinajstić information content (AvgIpc) is 2.64. The Kier molecular flexibility index (Phi) is 5.03. The molecule has 25 heavy (non-hydrogen) atoms. The van der Waals surface area contributed by atoms with Crippen LogP contribution in [0.3, 0.4) is 0 Å². The van der Waals surface area contributed by atoms with Crippen LogP contribution in [0.1, 0.15) is 33.4 Å². The summed E-state index contributed by atoms with van der Waals surface area (Å²) >= 11 is 0. The van der Waals surface area contributed by atoms with E-state index >= 15 is 0 Å². The topological polar surface area (TPSA) is 87.0 Å². The number of hydrogen-bond donors (Lipinski definition) is 2. The third-order valence-electron chi connectivity index (χ3n) is 3.98. The molecule has 0 radical (unpaired) electrons. The minimum absolute atomic E-state index is 0.0707. The molecule has 1 amide bonds. The lowest BCUT2D eigenvalue weighted by molar-refractivity contribution is 0.0275. The molecule has 0 bridgehead atoms. The Hall–Kier alpha value is -2.82. The first-order valence-corrected chi connectivity index (χ1v) is 7.89. The highest BCUT2D eigenvalue weighted by atomic mass is 19.1. The van der Waals surface area contributed by atoms with Gasteiger partial charge in [0, 0.05) is 13.1 Å². The molecule has 3 rings (SSSR count). The molecule has 1 atom stereocenters. The zero-order chi connectivity index (χ0) is 17.8. The number of benzene rings is 1. The first-order valence-electron chi connectivity index (χ1n) is 7.89. The number of rotatable bonds is 3. The predicted molar refractivity (Wildman–Crippen MR) is 89.6 cm³/mol. The Labute approximate surface area is 144 Å². The van der Waals surface area contributed by atoms with E-state index in [0.717, 1.165) is 12.1 Å². The summed E-state index contributed by atoms with van der Waals surface area (Å²) in [6, 6.07) is 9.55. The first kappa shape index (κ1) is 17.0. The van der Waals surface area contributed by atoms with Gasteiger partial charge in [0.1, 0.15) is 17.6 Å². The molecule has 2 aromatic rings. The number of nitrogens with one attached hydrogen (secondary N) is 2. The van der Waals surface area contributed by atoms with Gasteiger partial charge in [-0.2, -0.15) is 5.26 Å². The van der Waals surface area contributed by atoms with Gasteiger partial charge >= 0.3 is 0 Å². The zero-order valence-corrected chi connectivity index (χ0v) is 13.7. The molecule has 0 saturated carbocycles. The Morgan fingerprint density at radius 2 is 2.28 bits per heavy atom. The van der Waals surface area contributed by atoms with Crippen LogP contribution in [0.15, 0.2) is 30.3 Å². The number of ether oxygens (including phenoxy) is 1. The van der Waals surface area contributed by atoms with E-state index in [9.17, 15) is 9.18 Å². The molecule has 1 unspecified atom stereocenters. The largest absolute Gasteiger partial charge is 0.371 e. The van der Waals surface area contributed by atoms with Gasteiger partial charge in [-0.05, 0) is 36.8 Å². The van der Waals surface area contributed by atoms with E-state index in [1.165, 1.54) is 24.3 Å². The number of pyridine rings is 1. The van der Waals surface area contributed by atoms with Crippen molar-refractivity contribution in [3.8, 4) is 6.07 Å². The minimum atomic E-state index is -0.537. The second-order valence-electron chi connectivity index (χ2n) is 5.70. The highest BCUT2D eigenvalue weighted by Gasteiger charge is 2.18. The highest BCUT2D eigenvalue weighted by Crippen LogP contribution is 2.24. The lowest BCUT2D eigenvalue weighted by Crippen LogP contribution is -2.33. The standard InChI is InChI=1S/C18H17FN4O2/c1-11-13(9-20)3-5-16(22-11)18(24)23-15-4-2-12(8-14(15)19)17-10-21-6-7-25-17/h2-5,8,17,21H,6-7,10H2,1H3,(H,23,24). The van der Waals surface area contributed by atoms with Crippen LogP contribution in [-0.4, -0.2) is 30.6 Å².